The van der Waals surface area contributed by atoms with Gasteiger partial charge in [0.15, 0.2) is 11.5 Å². The van der Waals surface area contributed by atoms with Gasteiger partial charge >= 0.3 is 11.9 Å². The number of aromatic carboxylic acids is 1. The van der Waals surface area contributed by atoms with Gasteiger partial charge in [-0.15, -0.1) is 10.2 Å². The van der Waals surface area contributed by atoms with Crippen LogP contribution in [-0.2, 0) is 4.74 Å². The van der Waals surface area contributed by atoms with Crippen LogP contribution in [0.1, 0.15) is 34.2 Å². The third-order valence-electron chi connectivity index (χ3n) is 3.51. The van der Waals surface area contributed by atoms with Gasteiger partial charge in [-0.1, -0.05) is 13.0 Å². The number of imidazole rings is 1. The van der Waals surface area contributed by atoms with Gasteiger partial charge in [0.2, 0.25) is 0 Å². The fraction of sp³-hybridized carbons (Fsp3) is 0.167. The summed E-state index contributed by atoms with van der Waals surface area (Å²) in [4.78, 5) is 27.2. The quantitative estimate of drug-likeness (QED) is 0.533. The number of hydrogen-bond acceptors (Lipinski definition) is 6. The third-order valence-corrected chi connectivity index (χ3v) is 3.51. The number of fused-ring (bicyclic) bond motifs is 1. The Hall–Kier alpha value is -3.55. The molecule has 3 rings (SSSR count). The summed E-state index contributed by atoms with van der Waals surface area (Å²) < 4.78 is 6.60. The molecule has 3 aromatic rings. The van der Waals surface area contributed by atoms with Gasteiger partial charge in [0.05, 0.1) is 17.9 Å². The van der Waals surface area contributed by atoms with Crippen molar-refractivity contribution >= 4 is 29.1 Å². The van der Waals surface area contributed by atoms with Crippen molar-refractivity contribution in [2.75, 3.05) is 6.61 Å². The van der Waals surface area contributed by atoms with E-state index in [9.17, 15) is 14.7 Å². The second kappa shape index (κ2) is 7.56. The highest BCUT2D eigenvalue weighted by Crippen LogP contribution is 2.24. The second-order valence-corrected chi connectivity index (χ2v) is 5.40. The molecular formula is C18H16N4O4. The Morgan fingerprint density at radius 1 is 1.15 bits per heavy atom. The zero-order chi connectivity index (χ0) is 18.5. The molecule has 1 aromatic carbocycles. The van der Waals surface area contributed by atoms with E-state index in [0.29, 0.717) is 23.5 Å². The Morgan fingerprint density at radius 2 is 1.92 bits per heavy atom. The molecule has 2 aromatic heterocycles. The number of carbonyl (C=O) groups excluding carboxylic acids is 1. The zero-order valence-corrected chi connectivity index (χ0v) is 14.0. The van der Waals surface area contributed by atoms with Gasteiger partial charge in [-0.2, -0.15) is 0 Å². The van der Waals surface area contributed by atoms with Crippen LogP contribution < -0.4 is 0 Å². The number of carboxylic acid groups (broad SMARTS) is 1. The molecule has 0 aliphatic carbocycles. The molecule has 0 spiro atoms. The Balaban J connectivity index is 1.86. The topological polar surface area (TPSA) is 106 Å². The summed E-state index contributed by atoms with van der Waals surface area (Å²) in [5.74, 6) is -1.46. The van der Waals surface area contributed by atoms with E-state index in [1.807, 2.05) is 6.92 Å². The minimum atomic E-state index is -1.18. The number of ether oxygens (including phenoxy) is 1. The van der Waals surface area contributed by atoms with Crippen LogP contribution in [0.15, 0.2) is 58.9 Å². The van der Waals surface area contributed by atoms with E-state index in [-0.39, 0.29) is 11.5 Å². The number of nitrogens with zero attached hydrogens (tertiary/aromatic N) is 4. The molecule has 132 valence electrons. The van der Waals surface area contributed by atoms with Crippen LogP contribution in [-0.4, -0.2) is 33.0 Å². The molecule has 0 bridgehead atoms. The van der Waals surface area contributed by atoms with E-state index >= 15 is 0 Å². The fourth-order valence-electron chi connectivity index (χ4n) is 2.27. The van der Waals surface area contributed by atoms with Crippen LogP contribution in [0.2, 0.25) is 0 Å². The predicted octanol–water partition coefficient (Wildman–Crippen LogP) is 4.01. The summed E-state index contributed by atoms with van der Waals surface area (Å²) in [5.41, 5.74) is 1.17. The molecular weight excluding hydrogens is 336 g/mol. The molecule has 0 aliphatic rings. The van der Waals surface area contributed by atoms with Crippen LogP contribution in [0.3, 0.4) is 0 Å². The van der Waals surface area contributed by atoms with Crippen molar-refractivity contribution in [1.29, 1.82) is 0 Å². The summed E-state index contributed by atoms with van der Waals surface area (Å²) in [6.45, 7) is 2.29. The van der Waals surface area contributed by atoms with Gasteiger partial charge in [-0.3, -0.25) is 4.40 Å². The van der Waals surface area contributed by atoms with Crippen LogP contribution in [0.4, 0.5) is 11.5 Å². The number of hydrogen-bond donors (Lipinski definition) is 1. The van der Waals surface area contributed by atoms with Crippen LogP contribution >= 0.6 is 0 Å². The smallest absolute Gasteiger partial charge is 0.358 e. The minimum Gasteiger partial charge on any atom is -0.476 e. The predicted molar refractivity (Wildman–Crippen MR) is 93.3 cm³/mol. The Labute approximate surface area is 148 Å². The number of azo groups is 1. The van der Waals surface area contributed by atoms with E-state index in [1.54, 1.807) is 53.1 Å². The fourth-order valence-corrected chi connectivity index (χ4v) is 2.27. The molecule has 2 heterocycles. The SMILES string of the molecule is CCCOC(=O)c1ccc(N=Nc2c(C(=O)O)nc3ccccn23)cc1. The number of benzene rings is 1. The van der Waals surface area contributed by atoms with E-state index in [1.165, 1.54) is 0 Å². The van der Waals surface area contributed by atoms with Gasteiger partial charge in [-0.25, -0.2) is 14.6 Å². The van der Waals surface area contributed by atoms with Gasteiger partial charge in [0.1, 0.15) is 5.65 Å². The number of carbonyl (C=O) groups is 2. The lowest BCUT2D eigenvalue weighted by molar-refractivity contribution is 0.0504. The molecule has 0 atom stereocenters. The molecule has 8 nitrogen and oxygen atoms in total. The van der Waals surface area contributed by atoms with Gasteiger partial charge < -0.3 is 9.84 Å². The summed E-state index contributed by atoms with van der Waals surface area (Å²) >= 11 is 0. The van der Waals surface area contributed by atoms with Gasteiger partial charge in [0.25, 0.3) is 0 Å². The highest BCUT2D eigenvalue weighted by Gasteiger charge is 2.17. The van der Waals surface area contributed by atoms with Crippen molar-refractivity contribution in [2.24, 2.45) is 10.2 Å². The minimum absolute atomic E-state index is 0.125. The van der Waals surface area contributed by atoms with E-state index < -0.39 is 11.9 Å². The molecule has 8 heteroatoms. The Bertz CT molecular complexity index is 977. The molecule has 0 saturated carbocycles. The molecule has 0 radical (unpaired) electrons. The summed E-state index contributed by atoms with van der Waals surface area (Å²) in [6, 6.07) is 11.6. The molecule has 0 unspecified atom stereocenters. The van der Waals surface area contributed by atoms with Crippen molar-refractivity contribution in [1.82, 2.24) is 9.38 Å². The normalized spacial score (nSPS) is 11.1. The first-order chi connectivity index (χ1) is 12.6. The van der Waals surface area contributed by atoms with Crippen molar-refractivity contribution < 1.29 is 19.4 Å². The van der Waals surface area contributed by atoms with Gasteiger partial charge in [0, 0.05) is 6.20 Å². The van der Waals surface area contributed by atoms with Crippen LogP contribution in [0.25, 0.3) is 5.65 Å². The van der Waals surface area contributed by atoms with E-state index in [4.69, 9.17) is 4.74 Å². The molecule has 0 saturated heterocycles. The average Bonchev–Trinajstić information content (AvgIpc) is 3.04. The van der Waals surface area contributed by atoms with E-state index in [2.05, 4.69) is 15.2 Å². The molecule has 0 amide bonds. The van der Waals surface area contributed by atoms with Crippen LogP contribution in [0, 0.1) is 0 Å². The van der Waals surface area contributed by atoms with E-state index in [0.717, 1.165) is 6.42 Å². The van der Waals surface area contributed by atoms with Crippen molar-refractivity contribution in [3.8, 4) is 0 Å². The maximum absolute atomic E-state index is 11.8. The monoisotopic (exact) mass is 352 g/mol. The number of pyridine rings is 1. The van der Waals surface area contributed by atoms with Crippen LogP contribution in [0.5, 0.6) is 0 Å². The number of carboxylic acids is 1. The van der Waals surface area contributed by atoms with Crippen molar-refractivity contribution in [3.05, 3.63) is 59.9 Å². The maximum atomic E-state index is 11.8. The molecule has 0 aliphatic heterocycles. The summed E-state index contributed by atoms with van der Waals surface area (Å²) in [6.07, 6.45) is 2.42. The van der Waals surface area contributed by atoms with Crippen molar-refractivity contribution in [2.45, 2.75) is 13.3 Å². The van der Waals surface area contributed by atoms with Gasteiger partial charge in [-0.05, 0) is 42.8 Å². The highest BCUT2D eigenvalue weighted by atomic mass is 16.5. The zero-order valence-electron chi connectivity index (χ0n) is 14.0. The molecule has 26 heavy (non-hydrogen) atoms. The standard InChI is InChI=1S/C18H16N4O4/c1-2-11-26-18(25)12-6-8-13(9-7-12)20-21-16-15(17(23)24)19-14-5-3-4-10-22(14)16/h3-10H,2,11H2,1H3,(H,23,24). The molecule has 1 N–H and O–H groups in total. The summed E-state index contributed by atoms with van der Waals surface area (Å²) in [7, 11) is 0. The largest absolute Gasteiger partial charge is 0.476 e. The first kappa shape index (κ1) is 17.3. The number of rotatable bonds is 6. The lowest BCUT2D eigenvalue weighted by Crippen LogP contribution is -2.05. The lowest BCUT2D eigenvalue weighted by Gasteiger charge is -2.02. The van der Waals surface area contributed by atoms with Crippen molar-refractivity contribution in [3.63, 3.8) is 0 Å². The first-order valence-corrected chi connectivity index (χ1v) is 7.99. The Kier molecular flexibility index (Phi) is 5.02. The highest BCUT2D eigenvalue weighted by molar-refractivity contribution is 5.92. The number of aromatic nitrogens is 2. The lowest BCUT2D eigenvalue weighted by atomic mass is 10.2. The first-order valence-electron chi connectivity index (χ1n) is 7.99. The third kappa shape index (κ3) is 3.59. The molecule has 0 fully saturated rings. The second-order valence-electron chi connectivity index (χ2n) is 5.40. The Morgan fingerprint density at radius 3 is 2.62 bits per heavy atom. The maximum Gasteiger partial charge on any atom is 0.358 e. The number of esters is 1. The summed E-state index contributed by atoms with van der Waals surface area (Å²) in [5, 5.41) is 17.4. The average molecular weight is 352 g/mol.